The normalized spacial score (nSPS) is 13.7. The van der Waals surface area contributed by atoms with Crippen LogP contribution in [-0.2, 0) is 14.3 Å². The molecule has 0 aromatic heterocycles. The van der Waals surface area contributed by atoms with Crippen molar-refractivity contribution in [2.45, 2.75) is 57.9 Å². The minimum absolute atomic E-state index is 0.114. The molecular weight excluding hydrogens is 269 g/mol. The minimum atomic E-state index is -5.52. The molecule has 7 heteroatoms. The van der Waals surface area contributed by atoms with E-state index in [4.69, 9.17) is 0 Å². The Hall–Kier alpha value is -0.720. The number of unbranched alkanes of at least 4 members (excludes halogenated alkanes) is 4. The molecule has 0 aliphatic carbocycles. The first kappa shape index (κ1) is 17.3. The monoisotopic (exact) mass is 288 g/mol. The van der Waals surface area contributed by atoms with Gasteiger partial charge in [-0.3, -0.25) is 0 Å². The smallest absolute Gasteiger partial charge is 0.381 e. The third-order valence-corrected chi connectivity index (χ3v) is 3.28. The SMILES string of the molecule is CCCCCCC=C(CC)OS(=O)(=O)C(F)(F)F. The molecule has 0 spiro atoms. The molecule has 0 radical (unpaired) electrons. The maximum Gasteiger partial charge on any atom is 0.534 e. The van der Waals surface area contributed by atoms with E-state index in [0.717, 1.165) is 25.7 Å². The molecule has 0 aliphatic heterocycles. The summed E-state index contributed by atoms with van der Waals surface area (Å²) in [5.74, 6) is -0.149. The maximum absolute atomic E-state index is 12.1. The molecule has 0 heterocycles. The van der Waals surface area contributed by atoms with Gasteiger partial charge in [-0.25, -0.2) is 0 Å². The molecule has 18 heavy (non-hydrogen) atoms. The number of allylic oxidation sites excluding steroid dienone is 2. The summed E-state index contributed by atoms with van der Waals surface area (Å²) in [6.07, 6.45) is 5.95. The summed E-state index contributed by atoms with van der Waals surface area (Å²) >= 11 is 0. The van der Waals surface area contributed by atoms with Crippen LogP contribution in [0, 0.1) is 0 Å². The van der Waals surface area contributed by atoms with Gasteiger partial charge in [0, 0.05) is 6.42 Å². The number of hydrogen-bond acceptors (Lipinski definition) is 3. The quantitative estimate of drug-likeness (QED) is 0.292. The molecule has 3 nitrogen and oxygen atoms in total. The van der Waals surface area contributed by atoms with Gasteiger partial charge in [0.05, 0.1) is 0 Å². The van der Waals surface area contributed by atoms with E-state index < -0.39 is 15.6 Å². The summed E-state index contributed by atoms with van der Waals surface area (Å²) in [6.45, 7) is 3.59. The minimum Gasteiger partial charge on any atom is -0.381 e. The van der Waals surface area contributed by atoms with Crippen LogP contribution in [-0.4, -0.2) is 13.9 Å². The van der Waals surface area contributed by atoms with Crippen LogP contribution in [0.25, 0.3) is 0 Å². The van der Waals surface area contributed by atoms with E-state index in [1.165, 1.54) is 6.08 Å². The Kier molecular flexibility index (Phi) is 7.35. The van der Waals surface area contributed by atoms with Crippen LogP contribution < -0.4 is 0 Å². The zero-order chi connectivity index (χ0) is 14.2. The van der Waals surface area contributed by atoms with E-state index in [1.54, 1.807) is 6.92 Å². The van der Waals surface area contributed by atoms with Gasteiger partial charge in [-0.2, -0.15) is 21.6 Å². The molecular formula is C11H19F3O3S. The lowest BCUT2D eigenvalue weighted by atomic mass is 10.1. The van der Waals surface area contributed by atoms with E-state index in [2.05, 4.69) is 4.18 Å². The Morgan fingerprint density at radius 2 is 1.78 bits per heavy atom. The van der Waals surface area contributed by atoms with Gasteiger partial charge in [-0.15, -0.1) is 0 Å². The topological polar surface area (TPSA) is 43.4 Å². The zero-order valence-corrected chi connectivity index (χ0v) is 11.4. The Morgan fingerprint density at radius 3 is 2.22 bits per heavy atom. The van der Waals surface area contributed by atoms with Crippen molar-refractivity contribution in [3.63, 3.8) is 0 Å². The van der Waals surface area contributed by atoms with Crippen molar-refractivity contribution in [1.82, 2.24) is 0 Å². The number of hydrogen-bond donors (Lipinski definition) is 0. The summed E-state index contributed by atoms with van der Waals surface area (Å²) < 4.78 is 61.8. The van der Waals surface area contributed by atoms with Crippen molar-refractivity contribution in [3.8, 4) is 0 Å². The van der Waals surface area contributed by atoms with Crippen LogP contribution in [0.4, 0.5) is 13.2 Å². The first-order valence-corrected chi connectivity index (χ1v) is 7.35. The highest BCUT2D eigenvalue weighted by molar-refractivity contribution is 7.87. The standard InChI is InChI=1S/C11H19F3O3S/c1-3-5-6-7-8-9-10(4-2)17-18(15,16)11(12,13)14/h9H,3-8H2,1-2H3. The highest BCUT2D eigenvalue weighted by Crippen LogP contribution is 2.27. The largest absolute Gasteiger partial charge is 0.534 e. The van der Waals surface area contributed by atoms with Crippen LogP contribution in [0.3, 0.4) is 0 Å². The van der Waals surface area contributed by atoms with Crippen LogP contribution in [0.2, 0.25) is 0 Å². The molecule has 0 bridgehead atoms. The van der Waals surface area contributed by atoms with Gasteiger partial charge >= 0.3 is 15.6 Å². The average Bonchev–Trinajstić information content (AvgIpc) is 2.25. The lowest BCUT2D eigenvalue weighted by molar-refractivity contribution is -0.0523. The van der Waals surface area contributed by atoms with Crippen molar-refractivity contribution >= 4 is 10.1 Å². The summed E-state index contributed by atoms with van der Waals surface area (Å²) in [5, 5.41) is 0. The second-order valence-electron chi connectivity index (χ2n) is 3.86. The molecule has 0 aromatic carbocycles. The lowest BCUT2D eigenvalue weighted by Crippen LogP contribution is -2.25. The first-order valence-electron chi connectivity index (χ1n) is 5.94. The third kappa shape index (κ3) is 6.28. The lowest BCUT2D eigenvalue weighted by Gasteiger charge is -2.11. The van der Waals surface area contributed by atoms with Gasteiger partial charge < -0.3 is 4.18 Å². The van der Waals surface area contributed by atoms with Gasteiger partial charge in [-0.05, 0) is 18.9 Å². The fourth-order valence-electron chi connectivity index (χ4n) is 1.26. The van der Waals surface area contributed by atoms with Crippen molar-refractivity contribution in [3.05, 3.63) is 11.8 Å². The highest BCUT2D eigenvalue weighted by atomic mass is 32.2. The Morgan fingerprint density at radius 1 is 1.17 bits per heavy atom. The van der Waals surface area contributed by atoms with Gasteiger partial charge in [0.2, 0.25) is 0 Å². The van der Waals surface area contributed by atoms with Crippen molar-refractivity contribution in [2.75, 3.05) is 0 Å². The van der Waals surface area contributed by atoms with Crippen LogP contribution in [0.5, 0.6) is 0 Å². The Balaban J connectivity index is 4.39. The number of alkyl halides is 3. The molecule has 0 rings (SSSR count). The summed E-state index contributed by atoms with van der Waals surface area (Å²) in [5.41, 5.74) is -5.37. The van der Waals surface area contributed by atoms with Crippen LogP contribution >= 0.6 is 0 Å². The third-order valence-electron chi connectivity index (χ3n) is 2.28. The fraction of sp³-hybridized carbons (Fsp3) is 0.818. The van der Waals surface area contributed by atoms with E-state index in [1.807, 2.05) is 6.92 Å². The predicted octanol–water partition coefficient (Wildman–Crippen LogP) is 4.12. The molecule has 0 unspecified atom stereocenters. The summed E-state index contributed by atoms with van der Waals surface area (Å²) in [4.78, 5) is 0. The predicted molar refractivity (Wildman–Crippen MR) is 63.2 cm³/mol. The van der Waals surface area contributed by atoms with E-state index in [9.17, 15) is 21.6 Å². The van der Waals surface area contributed by atoms with E-state index in [-0.39, 0.29) is 12.2 Å². The van der Waals surface area contributed by atoms with Crippen molar-refractivity contribution in [1.29, 1.82) is 0 Å². The van der Waals surface area contributed by atoms with Gasteiger partial charge in [0.25, 0.3) is 0 Å². The molecule has 0 fully saturated rings. The fourth-order valence-corrected chi connectivity index (χ4v) is 1.82. The number of halogens is 3. The molecule has 0 saturated heterocycles. The molecule has 0 atom stereocenters. The average molecular weight is 288 g/mol. The molecule has 0 saturated carbocycles. The van der Waals surface area contributed by atoms with E-state index in [0.29, 0.717) is 6.42 Å². The molecule has 0 amide bonds. The zero-order valence-electron chi connectivity index (χ0n) is 10.6. The molecule has 0 aliphatic rings. The number of rotatable bonds is 8. The van der Waals surface area contributed by atoms with Crippen LogP contribution in [0.15, 0.2) is 11.8 Å². The Bertz CT molecular complexity index is 358. The highest BCUT2D eigenvalue weighted by Gasteiger charge is 2.48. The van der Waals surface area contributed by atoms with Gasteiger partial charge in [0.1, 0.15) is 5.76 Å². The van der Waals surface area contributed by atoms with E-state index >= 15 is 0 Å². The van der Waals surface area contributed by atoms with Crippen molar-refractivity contribution in [2.24, 2.45) is 0 Å². The summed E-state index contributed by atoms with van der Waals surface area (Å²) in [6, 6.07) is 0. The van der Waals surface area contributed by atoms with Crippen LogP contribution in [0.1, 0.15) is 52.4 Å². The molecule has 0 N–H and O–H groups in total. The van der Waals surface area contributed by atoms with Gasteiger partial charge in [0.15, 0.2) is 0 Å². The van der Waals surface area contributed by atoms with Crippen molar-refractivity contribution < 1.29 is 25.8 Å². The second kappa shape index (κ2) is 7.66. The van der Waals surface area contributed by atoms with Gasteiger partial charge in [-0.1, -0.05) is 33.1 Å². The second-order valence-corrected chi connectivity index (χ2v) is 5.39. The maximum atomic E-state index is 12.1. The Labute approximate surface area is 106 Å². The molecule has 108 valence electrons. The first-order chi connectivity index (χ1) is 8.24. The summed E-state index contributed by atoms with van der Waals surface area (Å²) in [7, 11) is -5.52. The molecule has 0 aromatic rings.